The summed E-state index contributed by atoms with van der Waals surface area (Å²) in [5.41, 5.74) is 0.293. The van der Waals surface area contributed by atoms with Gasteiger partial charge in [-0.25, -0.2) is 0 Å². The molecule has 3 aliphatic rings. The van der Waals surface area contributed by atoms with E-state index in [-0.39, 0.29) is 0 Å². The number of rotatable bonds is 5. The van der Waals surface area contributed by atoms with Crippen molar-refractivity contribution >= 4 is 0 Å². The topological polar surface area (TPSA) is 21.7 Å². The van der Waals surface area contributed by atoms with Crippen LogP contribution in [0.25, 0.3) is 0 Å². The molecule has 3 nitrogen and oxygen atoms in total. The lowest BCUT2D eigenvalue weighted by molar-refractivity contribution is -0.152. The van der Waals surface area contributed by atoms with Gasteiger partial charge in [-0.3, -0.25) is 0 Å². The minimum Gasteiger partial charge on any atom is -0.381 e. The zero-order chi connectivity index (χ0) is 12.4. The van der Waals surface area contributed by atoms with Crippen molar-refractivity contribution in [1.29, 1.82) is 0 Å². The quantitative estimate of drug-likeness (QED) is 0.750. The average Bonchev–Trinajstić information content (AvgIpc) is 3.20. The zero-order valence-corrected chi connectivity index (χ0v) is 11.7. The van der Waals surface area contributed by atoms with Crippen molar-refractivity contribution in [2.75, 3.05) is 39.5 Å². The van der Waals surface area contributed by atoms with Crippen LogP contribution < -0.4 is 0 Å². The van der Waals surface area contributed by atoms with Gasteiger partial charge in [0.1, 0.15) is 0 Å². The second kappa shape index (κ2) is 5.48. The average molecular weight is 253 g/mol. The summed E-state index contributed by atoms with van der Waals surface area (Å²) in [6.07, 6.45) is 7.07. The van der Waals surface area contributed by atoms with Crippen LogP contribution in [0.2, 0.25) is 0 Å². The fourth-order valence-electron chi connectivity index (χ4n) is 3.72. The fourth-order valence-corrected chi connectivity index (χ4v) is 3.72. The first-order valence-electron chi connectivity index (χ1n) is 7.74. The van der Waals surface area contributed by atoms with Gasteiger partial charge in [0, 0.05) is 38.3 Å². The van der Waals surface area contributed by atoms with Crippen LogP contribution in [0.4, 0.5) is 0 Å². The Kier molecular flexibility index (Phi) is 3.92. The summed E-state index contributed by atoms with van der Waals surface area (Å²) in [5, 5.41) is 0. The number of nitrogens with zero attached hydrogens (tertiary/aromatic N) is 1. The number of hydrogen-bond acceptors (Lipinski definition) is 3. The molecule has 3 fully saturated rings. The predicted molar refractivity (Wildman–Crippen MR) is 71.7 cm³/mol. The van der Waals surface area contributed by atoms with Crippen LogP contribution in [0.3, 0.4) is 0 Å². The van der Waals surface area contributed by atoms with E-state index in [4.69, 9.17) is 9.47 Å². The first-order valence-corrected chi connectivity index (χ1v) is 7.74. The Labute approximate surface area is 111 Å². The second-order valence-electron chi connectivity index (χ2n) is 6.43. The van der Waals surface area contributed by atoms with Gasteiger partial charge >= 0.3 is 0 Å². The highest BCUT2D eigenvalue weighted by molar-refractivity contribution is 4.97. The van der Waals surface area contributed by atoms with E-state index in [9.17, 15) is 0 Å². The van der Waals surface area contributed by atoms with Crippen molar-refractivity contribution in [1.82, 2.24) is 4.90 Å². The Morgan fingerprint density at radius 1 is 1.33 bits per heavy atom. The number of fused-ring (bicyclic) bond motifs is 1. The summed E-state index contributed by atoms with van der Waals surface area (Å²) < 4.78 is 11.8. The monoisotopic (exact) mass is 253 g/mol. The number of piperidine rings is 1. The minimum atomic E-state index is 0.293. The molecular formula is C15H27NO2. The highest BCUT2D eigenvalue weighted by atomic mass is 16.5. The number of likely N-dealkylation sites (tertiary alicyclic amines) is 1. The van der Waals surface area contributed by atoms with Crippen LogP contribution in [-0.4, -0.2) is 50.5 Å². The molecule has 0 aromatic rings. The minimum absolute atomic E-state index is 0.293. The van der Waals surface area contributed by atoms with Gasteiger partial charge in [0.05, 0.1) is 12.7 Å². The molecule has 2 atom stereocenters. The van der Waals surface area contributed by atoms with Crippen molar-refractivity contribution in [3.63, 3.8) is 0 Å². The van der Waals surface area contributed by atoms with Crippen molar-refractivity contribution in [3.05, 3.63) is 0 Å². The summed E-state index contributed by atoms with van der Waals surface area (Å²) in [6, 6.07) is 0. The summed E-state index contributed by atoms with van der Waals surface area (Å²) >= 11 is 0. The lowest BCUT2D eigenvalue weighted by atomic mass is 9.73. The molecule has 0 N–H and O–H groups in total. The zero-order valence-electron chi connectivity index (χ0n) is 11.7. The van der Waals surface area contributed by atoms with Crippen LogP contribution in [0, 0.1) is 11.3 Å². The first-order chi connectivity index (χ1) is 8.82. The summed E-state index contributed by atoms with van der Waals surface area (Å²) in [6.45, 7) is 8.54. The van der Waals surface area contributed by atoms with E-state index < -0.39 is 0 Å². The Morgan fingerprint density at radius 3 is 3.00 bits per heavy atom. The van der Waals surface area contributed by atoms with E-state index in [0.717, 1.165) is 25.7 Å². The Bertz CT molecular complexity index is 280. The molecule has 0 aromatic carbocycles. The van der Waals surface area contributed by atoms with E-state index in [0.29, 0.717) is 11.5 Å². The molecular weight excluding hydrogens is 226 g/mol. The normalized spacial score (nSPS) is 37.5. The lowest BCUT2D eigenvalue weighted by Gasteiger charge is -2.50. The molecule has 3 heteroatoms. The molecule has 0 amide bonds. The third-order valence-corrected chi connectivity index (χ3v) is 4.87. The van der Waals surface area contributed by atoms with Crippen molar-refractivity contribution in [2.45, 2.75) is 45.1 Å². The largest absolute Gasteiger partial charge is 0.381 e. The molecule has 0 radical (unpaired) electrons. The molecule has 2 aliphatic heterocycles. The van der Waals surface area contributed by atoms with Crippen molar-refractivity contribution < 1.29 is 9.47 Å². The van der Waals surface area contributed by atoms with Gasteiger partial charge in [-0.05, 0) is 44.9 Å². The fraction of sp³-hybridized carbons (Fsp3) is 1.00. The Hall–Kier alpha value is -0.120. The van der Waals surface area contributed by atoms with Crippen LogP contribution >= 0.6 is 0 Å². The van der Waals surface area contributed by atoms with E-state index >= 15 is 0 Å². The maximum atomic E-state index is 6.04. The lowest BCUT2D eigenvalue weighted by Crippen LogP contribution is -2.57. The molecule has 18 heavy (non-hydrogen) atoms. The Morgan fingerprint density at radius 2 is 2.22 bits per heavy atom. The SMILES string of the molecule is CCOC[C@@]12CCCO[C@@H]1CCN(CC1CC1)C2. The molecule has 0 unspecified atom stereocenters. The smallest absolute Gasteiger partial charge is 0.0677 e. The molecule has 2 heterocycles. The molecule has 0 spiro atoms. The van der Waals surface area contributed by atoms with Gasteiger partial charge in [0.2, 0.25) is 0 Å². The van der Waals surface area contributed by atoms with E-state index in [1.165, 1.54) is 51.7 Å². The molecule has 0 bridgehead atoms. The summed E-state index contributed by atoms with van der Waals surface area (Å²) in [7, 11) is 0. The van der Waals surface area contributed by atoms with Gasteiger partial charge in [-0.1, -0.05) is 0 Å². The molecule has 3 rings (SSSR count). The second-order valence-corrected chi connectivity index (χ2v) is 6.43. The third kappa shape index (κ3) is 2.73. The van der Waals surface area contributed by atoms with Gasteiger partial charge < -0.3 is 14.4 Å². The van der Waals surface area contributed by atoms with Gasteiger partial charge in [0.25, 0.3) is 0 Å². The van der Waals surface area contributed by atoms with E-state index in [1.54, 1.807) is 0 Å². The molecule has 104 valence electrons. The van der Waals surface area contributed by atoms with Crippen LogP contribution in [0.1, 0.15) is 39.0 Å². The van der Waals surface area contributed by atoms with E-state index in [2.05, 4.69) is 11.8 Å². The summed E-state index contributed by atoms with van der Waals surface area (Å²) in [5.74, 6) is 0.996. The maximum absolute atomic E-state index is 6.04. The van der Waals surface area contributed by atoms with Gasteiger partial charge in [-0.2, -0.15) is 0 Å². The van der Waals surface area contributed by atoms with E-state index in [1.807, 2.05) is 0 Å². The molecule has 1 aliphatic carbocycles. The van der Waals surface area contributed by atoms with Gasteiger partial charge in [0.15, 0.2) is 0 Å². The summed E-state index contributed by atoms with van der Waals surface area (Å²) in [4.78, 5) is 2.68. The third-order valence-electron chi connectivity index (χ3n) is 4.87. The molecule has 0 aromatic heterocycles. The highest BCUT2D eigenvalue weighted by Gasteiger charge is 2.46. The standard InChI is InChI=1S/C15H27NO2/c1-2-17-12-15-7-3-9-18-14(15)6-8-16(11-15)10-13-4-5-13/h13-14H,2-12H2,1H3/t14-,15+/m1/s1. The maximum Gasteiger partial charge on any atom is 0.0677 e. The van der Waals surface area contributed by atoms with Crippen LogP contribution in [-0.2, 0) is 9.47 Å². The Balaban J connectivity index is 1.64. The number of hydrogen-bond donors (Lipinski definition) is 0. The first kappa shape index (κ1) is 12.9. The number of ether oxygens (including phenoxy) is 2. The predicted octanol–water partition coefficient (Wildman–Crippen LogP) is 2.30. The molecule has 2 saturated heterocycles. The van der Waals surface area contributed by atoms with Crippen molar-refractivity contribution in [3.8, 4) is 0 Å². The highest BCUT2D eigenvalue weighted by Crippen LogP contribution is 2.41. The van der Waals surface area contributed by atoms with Crippen molar-refractivity contribution in [2.24, 2.45) is 11.3 Å². The molecule has 1 saturated carbocycles. The van der Waals surface area contributed by atoms with Crippen LogP contribution in [0.5, 0.6) is 0 Å². The van der Waals surface area contributed by atoms with Gasteiger partial charge in [-0.15, -0.1) is 0 Å². The van der Waals surface area contributed by atoms with Crippen LogP contribution in [0.15, 0.2) is 0 Å².